The number of halogens is 2. The Morgan fingerprint density at radius 1 is 1.26 bits per heavy atom. The number of nitrogens with two attached hydrogens (primary N) is 1. The summed E-state index contributed by atoms with van der Waals surface area (Å²) in [6.45, 7) is 7.96. The molecule has 3 heterocycles. The molecule has 0 aliphatic carbocycles. The first-order valence-electron chi connectivity index (χ1n) is 9.33. The fraction of sp³-hybridized carbons (Fsp3) is 0.579. The minimum absolute atomic E-state index is 0. The zero-order valence-corrected chi connectivity index (χ0v) is 17.6. The summed E-state index contributed by atoms with van der Waals surface area (Å²) >= 11 is 6.04. The third kappa shape index (κ3) is 5.35. The van der Waals surface area contributed by atoms with Gasteiger partial charge < -0.3 is 15.0 Å². The number of rotatable bonds is 5. The van der Waals surface area contributed by atoms with Crippen molar-refractivity contribution in [2.75, 3.05) is 26.2 Å². The molecule has 0 saturated carbocycles. The third-order valence-corrected chi connectivity index (χ3v) is 5.21. The van der Waals surface area contributed by atoms with Crippen LogP contribution >= 0.6 is 24.0 Å². The number of imidazole rings is 1. The van der Waals surface area contributed by atoms with Gasteiger partial charge in [-0.15, -0.1) is 12.4 Å². The van der Waals surface area contributed by atoms with Crippen molar-refractivity contribution >= 4 is 35.6 Å². The molecule has 3 rings (SSSR count). The Morgan fingerprint density at radius 3 is 2.78 bits per heavy atom. The molecular formula is C19H29Cl2N5O. The molecule has 0 radical (unpaired) electrons. The molecule has 1 aliphatic rings. The maximum Gasteiger partial charge on any atom is 0.242 e. The lowest BCUT2D eigenvalue weighted by Crippen LogP contribution is -2.53. The van der Waals surface area contributed by atoms with Gasteiger partial charge in [-0.1, -0.05) is 24.9 Å². The number of amides is 1. The summed E-state index contributed by atoms with van der Waals surface area (Å²) in [5, 5.41) is 0.697. The second-order valence-electron chi connectivity index (χ2n) is 7.43. The molecule has 6 nitrogen and oxygen atoms in total. The van der Waals surface area contributed by atoms with E-state index in [0.29, 0.717) is 11.6 Å². The quantitative estimate of drug-likeness (QED) is 0.817. The van der Waals surface area contributed by atoms with Gasteiger partial charge in [0.25, 0.3) is 0 Å². The Morgan fingerprint density at radius 2 is 2.04 bits per heavy atom. The maximum atomic E-state index is 12.7. The van der Waals surface area contributed by atoms with Gasteiger partial charge in [0.2, 0.25) is 5.91 Å². The van der Waals surface area contributed by atoms with Crippen molar-refractivity contribution in [2.24, 2.45) is 5.73 Å². The standard InChI is InChI=1S/C19H28ClN5O.ClH/c1-3-7-19(2,21)18(26)24-9-4-8-23(10-11-24)13-16-14-25-12-15(20)5-6-17(25)22-16;/h5-6,12,14H,3-4,7-11,13,21H2,1-2H3;1H. The van der Waals surface area contributed by atoms with Crippen LogP contribution in [0.25, 0.3) is 5.65 Å². The SMILES string of the molecule is CCCC(C)(N)C(=O)N1CCCN(Cc2cn3cc(Cl)ccc3n2)CC1.Cl. The number of carbonyl (C=O) groups excluding carboxylic acids is 1. The predicted molar refractivity (Wildman–Crippen MR) is 111 cm³/mol. The lowest BCUT2D eigenvalue weighted by atomic mass is 9.95. The minimum atomic E-state index is -0.759. The molecule has 1 saturated heterocycles. The van der Waals surface area contributed by atoms with E-state index in [0.717, 1.165) is 56.8 Å². The Balaban J connectivity index is 0.00000261. The summed E-state index contributed by atoms with van der Waals surface area (Å²) < 4.78 is 1.95. The maximum absolute atomic E-state index is 12.7. The molecule has 0 spiro atoms. The van der Waals surface area contributed by atoms with E-state index in [2.05, 4.69) is 16.8 Å². The summed E-state index contributed by atoms with van der Waals surface area (Å²) in [5.41, 5.74) is 7.39. The van der Waals surface area contributed by atoms with Crippen LogP contribution in [0.1, 0.15) is 38.8 Å². The number of pyridine rings is 1. The van der Waals surface area contributed by atoms with Crippen molar-refractivity contribution in [2.45, 2.75) is 45.2 Å². The summed E-state index contributed by atoms with van der Waals surface area (Å²) in [6, 6.07) is 3.77. The normalized spacial score (nSPS) is 18.0. The Hall–Kier alpha value is -1.34. The second kappa shape index (κ2) is 9.24. The fourth-order valence-corrected chi connectivity index (χ4v) is 3.81. The lowest BCUT2D eigenvalue weighted by molar-refractivity contribution is -0.136. The molecular weight excluding hydrogens is 385 g/mol. The largest absolute Gasteiger partial charge is 0.340 e. The molecule has 0 aromatic carbocycles. The van der Waals surface area contributed by atoms with Crippen LogP contribution in [0.2, 0.25) is 5.02 Å². The Labute approximate surface area is 172 Å². The number of nitrogens with zero attached hydrogens (tertiary/aromatic N) is 4. The van der Waals surface area contributed by atoms with Crippen LogP contribution in [0.15, 0.2) is 24.5 Å². The van der Waals surface area contributed by atoms with Crippen molar-refractivity contribution in [1.82, 2.24) is 19.2 Å². The first-order chi connectivity index (χ1) is 12.4. The van der Waals surface area contributed by atoms with Gasteiger partial charge in [0.15, 0.2) is 0 Å². The van der Waals surface area contributed by atoms with E-state index in [4.69, 9.17) is 17.3 Å². The highest BCUT2D eigenvalue weighted by Gasteiger charge is 2.32. The Bertz CT molecular complexity index is 777. The van der Waals surface area contributed by atoms with Crippen molar-refractivity contribution < 1.29 is 4.79 Å². The summed E-state index contributed by atoms with van der Waals surface area (Å²) in [7, 11) is 0. The van der Waals surface area contributed by atoms with Crippen molar-refractivity contribution in [1.29, 1.82) is 0 Å². The van der Waals surface area contributed by atoms with Gasteiger partial charge in [-0.2, -0.15) is 0 Å². The topological polar surface area (TPSA) is 66.9 Å². The second-order valence-corrected chi connectivity index (χ2v) is 7.87. The number of fused-ring (bicyclic) bond motifs is 1. The van der Waals surface area contributed by atoms with E-state index < -0.39 is 5.54 Å². The van der Waals surface area contributed by atoms with Crippen molar-refractivity contribution in [3.05, 3.63) is 35.2 Å². The Kier molecular flexibility index (Phi) is 7.51. The molecule has 150 valence electrons. The highest BCUT2D eigenvalue weighted by molar-refractivity contribution is 6.30. The molecule has 8 heteroatoms. The third-order valence-electron chi connectivity index (χ3n) is 4.98. The smallest absolute Gasteiger partial charge is 0.242 e. The van der Waals surface area contributed by atoms with E-state index in [9.17, 15) is 4.79 Å². The lowest BCUT2D eigenvalue weighted by Gasteiger charge is -2.31. The van der Waals surface area contributed by atoms with Gasteiger partial charge in [0.05, 0.1) is 16.3 Å². The van der Waals surface area contributed by atoms with Gasteiger partial charge in [-0.25, -0.2) is 4.98 Å². The number of aromatic nitrogens is 2. The molecule has 2 aromatic heterocycles. The summed E-state index contributed by atoms with van der Waals surface area (Å²) in [6.07, 6.45) is 6.47. The van der Waals surface area contributed by atoms with Crippen LogP contribution in [0.4, 0.5) is 0 Å². The molecule has 1 amide bonds. The van der Waals surface area contributed by atoms with Gasteiger partial charge in [0, 0.05) is 45.1 Å². The van der Waals surface area contributed by atoms with Gasteiger partial charge in [0.1, 0.15) is 5.65 Å². The number of carbonyl (C=O) groups is 1. The molecule has 27 heavy (non-hydrogen) atoms. The van der Waals surface area contributed by atoms with E-state index >= 15 is 0 Å². The molecule has 2 aromatic rings. The van der Waals surface area contributed by atoms with Gasteiger partial charge >= 0.3 is 0 Å². The predicted octanol–water partition coefficient (Wildman–Crippen LogP) is 2.96. The van der Waals surface area contributed by atoms with Crippen molar-refractivity contribution in [3.63, 3.8) is 0 Å². The summed E-state index contributed by atoms with van der Waals surface area (Å²) in [5.74, 6) is 0.0728. The fourth-order valence-electron chi connectivity index (χ4n) is 3.64. The van der Waals surface area contributed by atoms with Crippen LogP contribution in [0, 0.1) is 0 Å². The number of hydrogen-bond donors (Lipinski definition) is 1. The van der Waals surface area contributed by atoms with Crippen LogP contribution in [-0.2, 0) is 11.3 Å². The molecule has 1 atom stereocenters. The zero-order chi connectivity index (χ0) is 18.7. The average molecular weight is 414 g/mol. The van der Waals surface area contributed by atoms with Gasteiger partial charge in [-0.3, -0.25) is 9.69 Å². The van der Waals surface area contributed by atoms with E-state index in [1.807, 2.05) is 40.8 Å². The zero-order valence-electron chi connectivity index (χ0n) is 16.0. The summed E-state index contributed by atoms with van der Waals surface area (Å²) in [4.78, 5) is 21.7. The van der Waals surface area contributed by atoms with Crippen molar-refractivity contribution in [3.8, 4) is 0 Å². The van der Waals surface area contributed by atoms with Crippen LogP contribution in [0.5, 0.6) is 0 Å². The number of hydrogen-bond acceptors (Lipinski definition) is 4. The minimum Gasteiger partial charge on any atom is -0.340 e. The monoisotopic (exact) mass is 413 g/mol. The molecule has 1 fully saturated rings. The molecule has 1 unspecified atom stereocenters. The van der Waals surface area contributed by atoms with Crippen LogP contribution in [0.3, 0.4) is 0 Å². The van der Waals surface area contributed by atoms with Crippen LogP contribution in [-0.4, -0.2) is 56.8 Å². The molecule has 1 aliphatic heterocycles. The average Bonchev–Trinajstić information content (AvgIpc) is 2.82. The molecule has 0 bridgehead atoms. The van der Waals surface area contributed by atoms with Crippen LogP contribution < -0.4 is 5.73 Å². The van der Waals surface area contributed by atoms with E-state index in [1.54, 1.807) is 0 Å². The molecule has 2 N–H and O–H groups in total. The first kappa shape index (κ1) is 22.0. The highest BCUT2D eigenvalue weighted by Crippen LogP contribution is 2.17. The highest BCUT2D eigenvalue weighted by atomic mass is 35.5. The van der Waals surface area contributed by atoms with Gasteiger partial charge in [-0.05, 0) is 31.9 Å². The van der Waals surface area contributed by atoms with E-state index in [1.165, 1.54) is 0 Å². The van der Waals surface area contributed by atoms with E-state index in [-0.39, 0.29) is 18.3 Å². The first-order valence-corrected chi connectivity index (χ1v) is 9.70.